The van der Waals surface area contributed by atoms with E-state index in [4.69, 9.17) is 0 Å². The van der Waals surface area contributed by atoms with Crippen LogP contribution in [0.1, 0.15) is 5.56 Å². The molecule has 0 saturated carbocycles. The van der Waals surface area contributed by atoms with Gasteiger partial charge in [-0.25, -0.2) is 4.68 Å². The number of carbonyl (C=O) groups is 1. The van der Waals surface area contributed by atoms with Gasteiger partial charge >= 0.3 is 0 Å². The number of aromatic nitrogens is 3. The van der Waals surface area contributed by atoms with Crippen molar-refractivity contribution in [1.29, 1.82) is 0 Å². The molecule has 0 N–H and O–H groups in total. The molecule has 1 aliphatic rings. The molecule has 0 atom stereocenters. The third-order valence-corrected chi connectivity index (χ3v) is 3.89. The highest BCUT2D eigenvalue weighted by Gasteiger charge is 2.24. The van der Waals surface area contributed by atoms with Crippen LogP contribution in [-0.4, -0.2) is 27.4 Å². The number of nitrogens with zero attached hydrogens (tertiary/aromatic N) is 4. The maximum Gasteiger partial charge on any atom is 0.248 e. The Morgan fingerprint density at radius 1 is 1.10 bits per heavy atom. The molecule has 5 nitrogen and oxygen atoms in total. The fourth-order valence-corrected chi connectivity index (χ4v) is 2.84. The van der Waals surface area contributed by atoms with Crippen LogP contribution in [0.25, 0.3) is 11.0 Å². The summed E-state index contributed by atoms with van der Waals surface area (Å²) >= 11 is 0. The number of para-hydroxylation sites is 2. The van der Waals surface area contributed by atoms with Gasteiger partial charge in [0.25, 0.3) is 0 Å². The zero-order chi connectivity index (χ0) is 14.2. The van der Waals surface area contributed by atoms with Gasteiger partial charge in [-0.3, -0.25) is 4.79 Å². The summed E-state index contributed by atoms with van der Waals surface area (Å²) in [5.74, 6) is 0.0515. The maximum atomic E-state index is 12.6. The lowest BCUT2D eigenvalue weighted by Gasteiger charge is -2.17. The molecule has 2 heterocycles. The Hall–Kier alpha value is -2.69. The van der Waals surface area contributed by atoms with Crippen LogP contribution in [0.2, 0.25) is 0 Å². The highest BCUT2D eigenvalue weighted by molar-refractivity contribution is 5.95. The molecular weight excluding hydrogens is 264 g/mol. The highest BCUT2D eigenvalue weighted by Crippen LogP contribution is 2.27. The summed E-state index contributed by atoms with van der Waals surface area (Å²) in [5.41, 5.74) is 3.95. The Morgan fingerprint density at radius 2 is 1.90 bits per heavy atom. The minimum Gasteiger partial charge on any atom is -0.310 e. The first kappa shape index (κ1) is 12.1. The zero-order valence-electron chi connectivity index (χ0n) is 11.4. The van der Waals surface area contributed by atoms with Crippen molar-refractivity contribution in [1.82, 2.24) is 15.0 Å². The molecule has 1 aliphatic heterocycles. The van der Waals surface area contributed by atoms with Gasteiger partial charge in [0.1, 0.15) is 12.1 Å². The molecule has 0 bridgehead atoms. The molecule has 0 aliphatic carbocycles. The predicted octanol–water partition coefficient (Wildman–Crippen LogP) is 2.02. The van der Waals surface area contributed by atoms with E-state index in [-0.39, 0.29) is 12.5 Å². The van der Waals surface area contributed by atoms with Crippen molar-refractivity contribution < 1.29 is 4.79 Å². The van der Waals surface area contributed by atoms with E-state index in [9.17, 15) is 4.79 Å². The van der Waals surface area contributed by atoms with Crippen LogP contribution >= 0.6 is 0 Å². The second kappa shape index (κ2) is 4.70. The van der Waals surface area contributed by atoms with Gasteiger partial charge in [-0.2, -0.15) is 0 Å². The number of fused-ring (bicyclic) bond motifs is 2. The number of carbonyl (C=O) groups excluding carboxylic acids is 1. The number of amides is 1. The van der Waals surface area contributed by atoms with Crippen LogP contribution in [0.3, 0.4) is 0 Å². The van der Waals surface area contributed by atoms with E-state index in [1.807, 2.05) is 47.4 Å². The van der Waals surface area contributed by atoms with Crippen molar-refractivity contribution in [2.45, 2.75) is 13.0 Å². The van der Waals surface area contributed by atoms with Crippen molar-refractivity contribution in [2.75, 3.05) is 11.4 Å². The molecule has 1 aromatic heterocycles. The van der Waals surface area contributed by atoms with E-state index in [1.54, 1.807) is 4.68 Å². The van der Waals surface area contributed by atoms with E-state index >= 15 is 0 Å². The van der Waals surface area contributed by atoms with Crippen LogP contribution in [0.15, 0.2) is 48.5 Å². The van der Waals surface area contributed by atoms with Crippen LogP contribution in [0.5, 0.6) is 0 Å². The summed E-state index contributed by atoms with van der Waals surface area (Å²) < 4.78 is 1.67. The molecule has 3 aromatic rings. The smallest absolute Gasteiger partial charge is 0.248 e. The lowest BCUT2D eigenvalue weighted by Crippen LogP contribution is -2.32. The second-order valence-electron chi connectivity index (χ2n) is 5.16. The van der Waals surface area contributed by atoms with Crippen LogP contribution < -0.4 is 4.90 Å². The minimum atomic E-state index is 0.0515. The van der Waals surface area contributed by atoms with E-state index < -0.39 is 0 Å². The van der Waals surface area contributed by atoms with Gasteiger partial charge in [0, 0.05) is 12.2 Å². The molecule has 5 heteroatoms. The molecule has 21 heavy (non-hydrogen) atoms. The monoisotopic (exact) mass is 278 g/mol. The summed E-state index contributed by atoms with van der Waals surface area (Å²) in [7, 11) is 0. The predicted molar refractivity (Wildman–Crippen MR) is 80.0 cm³/mol. The highest BCUT2D eigenvalue weighted by atomic mass is 16.2. The molecule has 0 spiro atoms. The normalized spacial score (nSPS) is 13.6. The van der Waals surface area contributed by atoms with Gasteiger partial charge in [0.2, 0.25) is 5.91 Å². The number of benzene rings is 2. The van der Waals surface area contributed by atoms with Gasteiger partial charge in [-0.05, 0) is 30.2 Å². The maximum absolute atomic E-state index is 12.6. The fraction of sp³-hybridized carbons (Fsp3) is 0.188. The number of anilines is 1. The number of hydrogen-bond donors (Lipinski definition) is 0. The van der Waals surface area contributed by atoms with Crippen molar-refractivity contribution >= 4 is 22.6 Å². The lowest BCUT2D eigenvalue weighted by atomic mass is 10.2. The average Bonchev–Trinajstić information content (AvgIpc) is 3.12. The molecule has 104 valence electrons. The molecule has 1 amide bonds. The van der Waals surface area contributed by atoms with Gasteiger partial charge < -0.3 is 4.90 Å². The largest absolute Gasteiger partial charge is 0.310 e. The van der Waals surface area contributed by atoms with Crippen LogP contribution in [-0.2, 0) is 17.8 Å². The molecule has 0 radical (unpaired) electrons. The molecular formula is C16H14N4O. The summed E-state index contributed by atoms with van der Waals surface area (Å²) in [5, 5.41) is 8.17. The standard InChI is InChI=1S/C16H14N4O/c21-16(19-10-9-12-5-1-3-7-14(12)19)11-20-15-8-4-2-6-13(15)17-18-20/h1-8H,9-11H2. The van der Waals surface area contributed by atoms with Gasteiger partial charge in [0.15, 0.2) is 0 Å². The molecule has 0 unspecified atom stereocenters. The van der Waals surface area contributed by atoms with Crippen molar-refractivity contribution in [3.63, 3.8) is 0 Å². The first-order chi connectivity index (χ1) is 10.3. The van der Waals surface area contributed by atoms with E-state index in [1.165, 1.54) is 5.56 Å². The third kappa shape index (κ3) is 1.98. The molecule has 0 fully saturated rings. The number of hydrogen-bond acceptors (Lipinski definition) is 3. The minimum absolute atomic E-state index is 0.0515. The molecule has 4 rings (SSSR count). The van der Waals surface area contributed by atoms with E-state index in [0.717, 1.165) is 29.7 Å². The summed E-state index contributed by atoms with van der Waals surface area (Å²) in [6, 6.07) is 15.7. The topological polar surface area (TPSA) is 51.0 Å². The Kier molecular flexibility index (Phi) is 2.70. The summed E-state index contributed by atoms with van der Waals surface area (Å²) in [6.45, 7) is 0.958. The summed E-state index contributed by atoms with van der Waals surface area (Å²) in [6.07, 6.45) is 0.917. The Bertz CT molecular complexity index is 824. The van der Waals surface area contributed by atoms with Crippen molar-refractivity contribution in [3.05, 3.63) is 54.1 Å². The molecule has 2 aromatic carbocycles. The first-order valence-corrected chi connectivity index (χ1v) is 6.99. The fourth-order valence-electron chi connectivity index (χ4n) is 2.84. The van der Waals surface area contributed by atoms with Crippen molar-refractivity contribution in [2.24, 2.45) is 0 Å². The van der Waals surface area contributed by atoms with Gasteiger partial charge in [-0.15, -0.1) is 5.10 Å². The Labute approximate surface area is 121 Å². The number of rotatable bonds is 2. The average molecular weight is 278 g/mol. The summed E-state index contributed by atoms with van der Waals surface area (Å²) in [4.78, 5) is 14.4. The Morgan fingerprint density at radius 3 is 2.86 bits per heavy atom. The Balaban J connectivity index is 1.62. The van der Waals surface area contributed by atoms with E-state index in [2.05, 4.69) is 16.4 Å². The quantitative estimate of drug-likeness (QED) is 0.720. The van der Waals surface area contributed by atoms with Crippen molar-refractivity contribution in [3.8, 4) is 0 Å². The van der Waals surface area contributed by atoms with Gasteiger partial charge in [0.05, 0.1) is 5.52 Å². The van der Waals surface area contributed by atoms with E-state index in [0.29, 0.717) is 0 Å². The second-order valence-corrected chi connectivity index (χ2v) is 5.16. The zero-order valence-corrected chi connectivity index (χ0v) is 11.4. The SMILES string of the molecule is O=C(Cn1nnc2ccccc21)N1CCc2ccccc21. The third-order valence-electron chi connectivity index (χ3n) is 3.89. The first-order valence-electron chi connectivity index (χ1n) is 6.99. The molecule has 0 saturated heterocycles. The lowest BCUT2D eigenvalue weighted by molar-refractivity contribution is -0.119. The van der Waals surface area contributed by atoms with Gasteiger partial charge in [-0.1, -0.05) is 35.5 Å². The van der Waals surface area contributed by atoms with Crippen LogP contribution in [0, 0.1) is 0 Å². The van der Waals surface area contributed by atoms with Crippen LogP contribution in [0.4, 0.5) is 5.69 Å².